The fourth-order valence-corrected chi connectivity index (χ4v) is 4.78. The van der Waals surface area contributed by atoms with Crippen molar-refractivity contribution in [3.05, 3.63) is 59.7 Å². The summed E-state index contributed by atoms with van der Waals surface area (Å²) in [5.41, 5.74) is 1.66. The van der Waals surface area contributed by atoms with Gasteiger partial charge in [0.25, 0.3) is 0 Å². The number of nitrogens with one attached hydrogen (secondary N) is 1. The van der Waals surface area contributed by atoms with E-state index in [0.717, 1.165) is 9.87 Å². The number of likely N-dealkylation sites (N-methyl/N-ethyl adjacent to an activating group) is 2. The number of fused-ring (bicyclic) bond motifs is 1. The minimum absolute atomic E-state index is 0.0667. The van der Waals surface area contributed by atoms with Crippen molar-refractivity contribution >= 4 is 27.5 Å². The average Bonchev–Trinajstić information content (AvgIpc) is 2.88. The van der Waals surface area contributed by atoms with Gasteiger partial charge >= 0.3 is 0 Å². The third-order valence-corrected chi connectivity index (χ3v) is 7.29. The Bertz CT molecular complexity index is 1070. The monoisotopic (exact) mass is 429 g/mol. The van der Waals surface area contributed by atoms with E-state index in [1.165, 1.54) is 24.1 Å². The van der Waals surface area contributed by atoms with Crippen LogP contribution in [-0.4, -0.2) is 51.7 Å². The Morgan fingerprint density at radius 2 is 1.80 bits per heavy atom. The molecule has 0 aliphatic carbocycles. The zero-order valence-electron chi connectivity index (χ0n) is 17.7. The van der Waals surface area contributed by atoms with Gasteiger partial charge in [0.1, 0.15) is 0 Å². The zero-order chi connectivity index (χ0) is 22.1. The molecular formula is C22H27N3O4S. The van der Waals surface area contributed by atoms with E-state index in [2.05, 4.69) is 5.32 Å². The van der Waals surface area contributed by atoms with Crippen LogP contribution in [0.1, 0.15) is 25.0 Å². The van der Waals surface area contributed by atoms with E-state index in [4.69, 9.17) is 0 Å². The third-order valence-electron chi connectivity index (χ3n) is 5.50. The van der Waals surface area contributed by atoms with Gasteiger partial charge in [-0.05, 0) is 49.6 Å². The van der Waals surface area contributed by atoms with Crippen LogP contribution in [0.3, 0.4) is 0 Å². The fraction of sp³-hybridized carbons (Fsp3) is 0.364. The SMILES string of the molecule is CN1C(=O)C(C)(C)c2cc(S(=O)(=O)N(C)CC(=O)NCCc3ccccc3)ccc21. The van der Waals surface area contributed by atoms with E-state index in [1.54, 1.807) is 27.0 Å². The highest BCUT2D eigenvalue weighted by Gasteiger charge is 2.43. The van der Waals surface area contributed by atoms with Crippen molar-refractivity contribution in [3.8, 4) is 0 Å². The molecule has 1 aliphatic rings. The van der Waals surface area contributed by atoms with Crippen LogP contribution < -0.4 is 10.2 Å². The molecule has 2 aromatic rings. The predicted octanol–water partition coefficient (Wildman–Crippen LogP) is 1.92. The van der Waals surface area contributed by atoms with Gasteiger partial charge in [-0.25, -0.2) is 8.42 Å². The molecular weight excluding hydrogens is 402 g/mol. The number of rotatable bonds is 7. The first-order valence-corrected chi connectivity index (χ1v) is 11.2. The van der Waals surface area contributed by atoms with Gasteiger partial charge in [-0.15, -0.1) is 0 Å². The van der Waals surface area contributed by atoms with E-state index in [9.17, 15) is 18.0 Å². The molecule has 0 atom stereocenters. The smallest absolute Gasteiger partial charge is 0.243 e. The molecule has 1 aliphatic heterocycles. The number of hydrogen-bond donors (Lipinski definition) is 1. The first-order chi connectivity index (χ1) is 14.0. The molecule has 0 radical (unpaired) electrons. The number of amides is 2. The van der Waals surface area contributed by atoms with E-state index in [0.29, 0.717) is 24.2 Å². The minimum atomic E-state index is -3.88. The van der Waals surface area contributed by atoms with Crippen molar-refractivity contribution in [2.24, 2.45) is 0 Å². The molecule has 3 rings (SSSR count). The maximum Gasteiger partial charge on any atom is 0.243 e. The van der Waals surface area contributed by atoms with Gasteiger partial charge in [-0.2, -0.15) is 4.31 Å². The summed E-state index contributed by atoms with van der Waals surface area (Å²) in [6.45, 7) is 3.70. The van der Waals surface area contributed by atoms with Crippen LogP contribution in [0.15, 0.2) is 53.4 Å². The van der Waals surface area contributed by atoms with E-state index >= 15 is 0 Å². The molecule has 0 fully saturated rings. The number of carbonyl (C=O) groups is 2. The predicted molar refractivity (Wildman–Crippen MR) is 116 cm³/mol. The highest BCUT2D eigenvalue weighted by Crippen LogP contribution is 2.41. The highest BCUT2D eigenvalue weighted by atomic mass is 32.2. The van der Waals surface area contributed by atoms with E-state index < -0.39 is 15.4 Å². The Morgan fingerprint density at radius 1 is 1.13 bits per heavy atom. The maximum absolute atomic E-state index is 13.0. The summed E-state index contributed by atoms with van der Waals surface area (Å²) in [5.74, 6) is -0.452. The second-order valence-electron chi connectivity index (χ2n) is 8.01. The standard InChI is InChI=1S/C22H27N3O4S/c1-22(2)18-14-17(10-11-19(18)25(4)21(22)27)30(28,29)24(3)15-20(26)23-13-12-16-8-6-5-7-9-16/h5-11,14H,12-13,15H2,1-4H3,(H,23,26). The summed E-state index contributed by atoms with van der Waals surface area (Å²) in [6, 6.07) is 14.4. The Labute approximate surface area is 177 Å². The summed E-state index contributed by atoms with van der Waals surface area (Å²) in [6.07, 6.45) is 0.671. The minimum Gasteiger partial charge on any atom is -0.355 e. The topological polar surface area (TPSA) is 86.8 Å². The van der Waals surface area contributed by atoms with Gasteiger partial charge in [0, 0.05) is 26.3 Å². The highest BCUT2D eigenvalue weighted by molar-refractivity contribution is 7.89. The number of carbonyl (C=O) groups excluding carboxylic acids is 2. The Hall–Kier alpha value is -2.71. The third kappa shape index (κ3) is 4.11. The summed E-state index contributed by atoms with van der Waals surface area (Å²) >= 11 is 0. The largest absolute Gasteiger partial charge is 0.355 e. The molecule has 0 aromatic heterocycles. The van der Waals surface area contributed by atoms with Gasteiger partial charge in [-0.3, -0.25) is 9.59 Å². The van der Waals surface area contributed by atoms with Crippen LogP contribution in [0.5, 0.6) is 0 Å². The van der Waals surface area contributed by atoms with Crippen molar-refractivity contribution in [3.63, 3.8) is 0 Å². The van der Waals surface area contributed by atoms with Gasteiger partial charge in [0.2, 0.25) is 21.8 Å². The zero-order valence-corrected chi connectivity index (χ0v) is 18.5. The molecule has 2 amide bonds. The molecule has 2 aromatic carbocycles. The van der Waals surface area contributed by atoms with E-state index in [-0.39, 0.29) is 23.3 Å². The Kier molecular flexibility index (Phi) is 6.01. The molecule has 0 bridgehead atoms. The number of nitrogens with zero attached hydrogens (tertiary/aromatic N) is 2. The number of sulfonamides is 1. The second-order valence-corrected chi connectivity index (χ2v) is 10.1. The lowest BCUT2D eigenvalue weighted by molar-refractivity contribution is -0.122. The van der Waals surface area contributed by atoms with Gasteiger partial charge < -0.3 is 10.2 Å². The van der Waals surface area contributed by atoms with Gasteiger partial charge in [-0.1, -0.05) is 30.3 Å². The average molecular weight is 430 g/mol. The first-order valence-electron chi connectivity index (χ1n) is 9.75. The lowest BCUT2D eigenvalue weighted by Gasteiger charge is -2.19. The molecule has 0 saturated carbocycles. The van der Waals surface area contributed by atoms with Crippen LogP contribution >= 0.6 is 0 Å². The quantitative estimate of drug-likeness (QED) is 0.729. The van der Waals surface area contributed by atoms with Crippen LogP contribution in [0.2, 0.25) is 0 Å². The Balaban J connectivity index is 1.67. The molecule has 0 spiro atoms. The van der Waals surface area contributed by atoms with Gasteiger partial charge in [0.15, 0.2) is 0 Å². The van der Waals surface area contributed by atoms with Crippen molar-refractivity contribution in [2.75, 3.05) is 32.1 Å². The van der Waals surface area contributed by atoms with Gasteiger partial charge in [0.05, 0.1) is 16.9 Å². The number of hydrogen-bond acceptors (Lipinski definition) is 4. The Morgan fingerprint density at radius 3 is 2.47 bits per heavy atom. The van der Waals surface area contributed by atoms with E-state index in [1.807, 2.05) is 30.3 Å². The lowest BCUT2D eigenvalue weighted by Crippen LogP contribution is -2.39. The van der Waals surface area contributed by atoms with Crippen LogP contribution in [0, 0.1) is 0 Å². The molecule has 1 N–H and O–H groups in total. The molecule has 0 unspecified atom stereocenters. The first kappa shape index (κ1) is 22.0. The lowest BCUT2D eigenvalue weighted by atomic mass is 9.86. The fourth-order valence-electron chi connectivity index (χ4n) is 3.63. The summed E-state index contributed by atoms with van der Waals surface area (Å²) in [5, 5.41) is 2.76. The summed E-state index contributed by atoms with van der Waals surface area (Å²) in [7, 11) is -0.822. The molecule has 30 heavy (non-hydrogen) atoms. The summed E-state index contributed by atoms with van der Waals surface area (Å²) < 4.78 is 27.0. The normalized spacial score (nSPS) is 15.4. The van der Waals surface area contributed by atoms with Crippen LogP contribution in [0.25, 0.3) is 0 Å². The summed E-state index contributed by atoms with van der Waals surface area (Å²) in [4.78, 5) is 26.3. The molecule has 7 nitrogen and oxygen atoms in total. The number of benzene rings is 2. The molecule has 1 heterocycles. The van der Waals surface area contributed by atoms with Crippen LogP contribution in [0.4, 0.5) is 5.69 Å². The molecule has 8 heteroatoms. The van der Waals surface area contributed by atoms with Crippen molar-refractivity contribution < 1.29 is 18.0 Å². The van der Waals surface area contributed by atoms with Crippen molar-refractivity contribution in [1.29, 1.82) is 0 Å². The number of anilines is 1. The van der Waals surface area contributed by atoms with Crippen molar-refractivity contribution in [2.45, 2.75) is 30.6 Å². The maximum atomic E-state index is 13.0. The second kappa shape index (κ2) is 8.20. The van der Waals surface area contributed by atoms with Crippen LogP contribution in [-0.2, 0) is 31.4 Å². The molecule has 160 valence electrons. The molecule has 0 saturated heterocycles. The van der Waals surface area contributed by atoms with Crippen molar-refractivity contribution in [1.82, 2.24) is 9.62 Å².